The summed E-state index contributed by atoms with van der Waals surface area (Å²) in [6.07, 6.45) is 1.69. The molecule has 1 aromatic heterocycles. The Labute approximate surface area is 120 Å². The molecule has 0 spiro atoms. The fraction of sp³-hybridized carbons (Fsp3) is 0.100. The zero-order valence-corrected chi connectivity index (χ0v) is 12.1. The van der Waals surface area contributed by atoms with E-state index in [1.807, 2.05) is 0 Å². The monoisotopic (exact) mass is 347 g/mol. The molecular weight excluding hydrogens is 342 g/mol. The molecule has 2 aromatic rings. The molecule has 1 heterocycles. The van der Waals surface area contributed by atoms with Crippen molar-refractivity contribution in [3.05, 3.63) is 48.3 Å². The normalized spacial score (nSPS) is 10.3. The highest BCUT2D eigenvalue weighted by Crippen LogP contribution is 2.28. The third-order valence-electron chi connectivity index (χ3n) is 2.14. The maximum atomic E-state index is 10.6. The Hall–Kier alpha value is -1.18. The second kappa shape index (κ2) is 5.64. The van der Waals surface area contributed by atoms with Gasteiger partial charge in [0.2, 0.25) is 0 Å². The van der Waals surface area contributed by atoms with Gasteiger partial charge in [-0.3, -0.25) is 10.1 Å². The van der Waals surface area contributed by atoms with Crippen molar-refractivity contribution >= 4 is 50.2 Å². The molecule has 0 atom stereocenters. The number of halogens is 2. The molecule has 18 heavy (non-hydrogen) atoms. The summed E-state index contributed by atoms with van der Waals surface area (Å²) in [5.74, 6) is 0. The predicted molar refractivity (Wildman–Crippen MR) is 75.2 cm³/mol. The number of non-ortho nitro benzene ring substituents is 1. The number of nitrogens with zero attached hydrogens (tertiary/aromatic N) is 2. The maximum absolute atomic E-state index is 10.6. The fourth-order valence-electron chi connectivity index (χ4n) is 1.31. The van der Waals surface area contributed by atoms with Gasteiger partial charge < -0.3 is 5.32 Å². The third kappa shape index (κ3) is 3.18. The third-order valence-corrected chi connectivity index (χ3v) is 3.91. The topological polar surface area (TPSA) is 68.1 Å². The summed E-state index contributed by atoms with van der Waals surface area (Å²) in [7, 11) is 0. The molecule has 1 N–H and O–H groups in total. The molecule has 0 saturated heterocycles. The molecule has 0 aliphatic heterocycles. The molecule has 0 aliphatic rings. The summed E-state index contributed by atoms with van der Waals surface area (Å²) in [5.41, 5.74) is 0.832. The van der Waals surface area contributed by atoms with Crippen LogP contribution < -0.4 is 5.32 Å². The van der Waals surface area contributed by atoms with E-state index in [1.54, 1.807) is 12.3 Å². The summed E-state index contributed by atoms with van der Waals surface area (Å²) in [6, 6.07) is 4.57. The van der Waals surface area contributed by atoms with Gasteiger partial charge in [0.25, 0.3) is 5.69 Å². The Balaban J connectivity index is 2.08. The quantitative estimate of drug-likeness (QED) is 0.668. The van der Waals surface area contributed by atoms with E-state index in [-0.39, 0.29) is 5.69 Å². The van der Waals surface area contributed by atoms with Crippen LogP contribution >= 0.6 is 38.9 Å². The molecule has 94 valence electrons. The van der Waals surface area contributed by atoms with Crippen molar-refractivity contribution in [2.75, 3.05) is 5.32 Å². The molecule has 8 heteroatoms. The van der Waals surface area contributed by atoms with Crippen LogP contribution in [0.2, 0.25) is 4.47 Å². The number of thiazole rings is 1. The largest absolute Gasteiger partial charge is 0.379 e. The average molecular weight is 349 g/mol. The lowest BCUT2D eigenvalue weighted by molar-refractivity contribution is -0.384. The second-order valence-corrected chi connectivity index (χ2v) is 5.91. The Morgan fingerprint density at radius 1 is 1.56 bits per heavy atom. The first-order valence-corrected chi connectivity index (χ1v) is 6.83. The first-order chi connectivity index (χ1) is 8.56. The van der Waals surface area contributed by atoms with E-state index in [0.29, 0.717) is 15.5 Å². The van der Waals surface area contributed by atoms with Gasteiger partial charge in [0.1, 0.15) is 0 Å². The molecule has 0 radical (unpaired) electrons. The molecule has 0 saturated carbocycles. The van der Waals surface area contributed by atoms with Crippen LogP contribution in [0.4, 0.5) is 11.4 Å². The van der Waals surface area contributed by atoms with Crippen LogP contribution in [0.5, 0.6) is 0 Å². The highest BCUT2D eigenvalue weighted by Gasteiger charge is 2.09. The number of aromatic nitrogens is 1. The number of nitro benzene ring substituents is 1. The minimum atomic E-state index is -0.433. The van der Waals surface area contributed by atoms with Crippen molar-refractivity contribution in [3.8, 4) is 0 Å². The van der Waals surface area contributed by atoms with Gasteiger partial charge in [0, 0.05) is 33.4 Å². The van der Waals surface area contributed by atoms with Crippen LogP contribution in [0.1, 0.15) is 4.88 Å². The molecule has 0 bridgehead atoms. The predicted octanol–water partition coefficient (Wildman–Crippen LogP) is 4.08. The highest BCUT2D eigenvalue weighted by molar-refractivity contribution is 9.10. The number of hydrogen-bond donors (Lipinski definition) is 1. The van der Waals surface area contributed by atoms with Crippen molar-refractivity contribution in [1.29, 1.82) is 0 Å². The number of nitrogens with one attached hydrogen (secondary N) is 1. The lowest BCUT2D eigenvalue weighted by Gasteiger charge is -2.06. The zero-order chi connectivity index (χ0) is 13.1. The number of hydrogen-bond acceptors (Lipinski definition) is 5. The Morgan fingerprint density at radius 3 is 2.89 bits per heavy atom. The van der Waals surface area contributed by atoms with Crippen molar-refractivity contribution in [2.24, 2.45) is 0 Å². The molecular formula is C10H7BrClN3O2S. The van der Waals surface area contributed by atoms with E-state index in [0.717, 1.165) is 10.6 Å². The SMILES string of the molecule is O=[N+]([O-])c1ccc(NCc2cnc(Cl)s2)c(Br)c1. The first-order valence-electron chi connectivity index (χ1n) is 4.84. The van der Waals surface area contributed by atoms with E-state index in [2.05, 4.69) is 26.2 Å². The van der Waals surface area contributed by atoms with E-state index in [9.17, 15) is 10.1 Å². The summed E-state index contributed by atoms with van der Waals surface area (Å²) < 4.78 is 1.14. The first kappa shape index (κ1) is 13.3. The van der Waals surface area contributed by atoms with Gasteiger partial charge in [0.15, 0.2) is 4.47 Å². The van der Waals surface area contributed by atoms with E-state index >= 15 is 0 Å². The van der Waals surface area contributed by atoms with E-state index < -0.39 is 4.92 Å². The van der Waals surface area contributed by atoms with Gasteiger partial charge in [-0.05, 0) is 22.0 Å². The number of anilines is 1. The van der Waals surface area contributed by atoms with Gasteiger partial charge in [-0.1, -0.05) is 11.6 Å². The molecule has 0 aliphatic carbocycles. The molecule has 0 amide bonds. The summed E-state index contributed by atoms with van der Waals surface area (Å²) in [6.45, 7) is 0.570. The molecule has 2 rings (SSSR count). The van der Waals surface area contributed by atoms with Crippen molar-refractivity contribution < 1.29 is 4.92 Å². The molecule has 0 unspecified atom stereocenters. The molecule has 1 aromatic carbocycles. The Bertz CT molecular complexity index is 590. The van der Waals surface area contributed by atoms with Crippen molar-refractivity contribution in [2.45, 2.75) is 6.54 Å². The Kier molecular flexibility index (Phi) is 4.15. The number of rotatable bonds is 4. The van der Waals surface area contributed by atoms with Crippen molar-refractivity contribution in [1.82, 2.24) is 4.98 Å². The van der Waals surface area contributed by atoms with Crippen LogP contribution in [0, 0.1) is 10.1 Å². The number of benzene rings is 1. The van der Waals surface area contributed by atoms with Crippen LogP contribution in [0.15, 0.2) is 28.9 Å². The average Bonchev–Trinajstić information content (AvgIpc) is 2.73. The highest BCUT2D eigenvalue weighted by atomic mass is 79.9. The summed E-state index contributed by atoms with van der Waals surface area (Å²) in [5, 5.41) is 13.7. The lowest BCUT2D eigenvalue weighted by Crippen LogP contribution is -1.98. The molecule has 5 nitrogen and oxygen atoms in total. The van der Waals surface area contributed by atoms with Crippen LogP contribution in [-0.2, 0) is 6.54 Å². The second-order valence-electron chi connectivity index (χ2n) is 3.35. The van der Waals surface area contributed by atoms with Gasteiger partial charge in [0.05, 0.1) is 11.5 Å². The molecule has 0 fully saturated rings. The van der Waals surface area contributed by atoms with E-state index in [4.69, 9.17) is 11.6 Å². The zero-order valence-electron chi connectivity index (χ0n) is 8.89. The van der Waals surface area contributed by atoms with Gasteiger partial charge in [-0.2, -0.15) is 0 Å². The van der Waals surface area contributed by atoms with Crippen LogP contribution in [0.25, 0.3) is 0 Å². The summed E-state index contributed by atoms with van der Waals surface area (Å²) in [4.78, 5) is 15.1. The number of nitro groups is 1. The van der Waals surface area contributed by atoms with Crippen LogP contribution in [0.3, 0.4) is 0 Å². The van der Waals surface area contributed by atoms with E-state index in [1.165, 1.54) is 23.5 Å². The van der Waals surface area contributed by atoms with Gasteiger partial charge in [-0.25, -0.2) is 4.98 Å². The smallest absolute Gasteiger partial charge is 0.270 e. The minimum absolute atomic E-state index is 0.0493. The fourth-order valence-corrected chi connectivity index (χ4v) is 2.73. The summed E-state index contributed by atoms with van der Waals surface area (Å²) >= 11 is 10.4. The van der Waals surface area contributed by atoms with Gasteiger partial charge >= 0.3 is 0 Å². The minimum Gasteiger partial charge on any atom is -0.379 e. The van der Waals surface area contributed by atoms with Crippen molar-refractivity contribution in [3.63, 3.8) is 0 Å². The standard InChI is InChI=1S/C10H7BrClN3O2S/c11-8-3-6(15(16)17)1-2-9(8)13-4-7-5-14-10(12)18-7/h1-3,5,13H,4H2. The van der Waals surface area contributed by atoms with Gasteiger partial charge in [-0.15, -0.1) is 11.3 Å². The maximum Gasteiger partial charge on any atom is 0.270 e. The lowest BCUT2D eigenvalue weighted by atomic mass is 10.3. The van der Waals surface area contributed by atoms with Crippen LogP contribution in [-0.4, -0.2) is 9.91 Å². The Morgan fingerprint density at radius 2 is 2.33 bits per heavy atom.